The highest BCUT2D eigenvalue weighted by Gasteiger charge is 2.13. The maximum absolute atomic E-state index is 11.6. The van der Waals surface area contributed by atoms with Crippen molar-refractivity contribution < 1.29 is 4.79 Å². The number of benzene rings is 1. The Morgan fingerprint density at radius 3 is 2.63 bits per heavy atom. The summed E-state index contributed by atoms with van der Waals surface area (Å²) in [7, 11) is 1.53. The first-order valence-corrected chi connectivity index (χ1v) is 5.95. The van der Waals surface area contributed by atoms with Gasteiger partial charge in [0.2, 0.25) is 0 Å². The second-order valence-electron chi connectivity index (χ2n) is 4.37. The van der Waals surface area contributed by atoms with E-state index in [2.05, 4.69) is 15.3 Å². The number of aryl methyl sites for hydroxylation is 2. The van der Waals surface area contributed by atoms with Crippen LogP contribution in [0, 0.1) is 13.8 Å². The molecule has 1 heterocycles. The van der Waals surface area contributed by atoms with E-state index in [0.29, 0.717) is 5.69 Å². The molecule has 0 aliphatic rings. The fourth-order valence-electron chi connectivity index (χ4n) is 1.72. The Morgan fingerprint density at radius 2 is 2.00 bits per heavy atom. The minimum Gasteiger partial charge on any atom is -0.382 e. The molecule has 1 amide bonds. The lowest BCUT2D eigenvalue weighted by Crippen LogP contribution is -2.21. The van der Waals surface area contributed by atoms with Crippen LogP contribution in [0.1, 0.15) is 21.6 Å². The molecular weight excluding hydrogens is 240 g/mol. The van der Waals surface area contributed by atoms with Gasteiger partial charge in [0.25, 0.3) is 5.91 Å². The summed E-state index contributed by atoms with van der Waals surface area (Å²) in [6, 6.07) is 5.99. The van der Waals surface area contributed by atoms with Gasteiger partial charge < -0.3 is 11.1 Å². The smallest absolute Gasteiger partial charge is 0.273 e. The first kappa shape index (κ1) is 13.0. The molecule has 3 N–H and O–H groups in total. The van der Waals surface area contributed by atoms with E-state index in [4.69, 9.17) is 5.73 Å². The topological polar surface area (TPSA) is 80.9 Å². The Labute approximate surface area is 111 Å². The van der Waals surface area contributed by atoms with E-state index in [0.717, 1.165) is 11.1 Å². The zero-order valence-electron chi connectivity index (χ0n) is 11.2. The van der Waals surface area contributed by atoms with Crippen LogP contribution in [0.15, 0.2) is 24.4 Å². The molecule has 5 nitrogen and oxygen atoms in total. The van der Waals surface area contributed by atoms with Gasteiger partial charge in [0, 0.05) is 12.6 Å². The van der Waals surface area contributed by atoms with Crippen LogP contribution in [0.5, 0.6) is 0 Å². The van der Waals surface area contributed by atoms with Crippen molar-refractivity contribution >= 4 is 11.7 Å². The number of nitrogens with one attached hydrogen (secondary N) is 1. The standard InChI is InChI=1S/C14H16N4O/c1-8-4-5-10(6-9(8)2)11-7-17-13(15)12(18-11)14(19)16-3/h4-7H,1-3H3,(H2,15,17)(H,16,19). The zero-order valence-corrected chi connectivity index (χ0v) is 11.2. The lowest BCUT2D eigenvalue weighted by Gasteiger charge is -2.07. The quantitative estimate of drug-likeness (QED) is 0.857. The summed E-state index contributed by atoms with van der Waals surface area (Å²) < 4.78 is 0. The molecule has 2 rings (SSSR count). The number of carbonyl (C=O) groups is 1. The van der Waals surface area contributed by atoms with Crippen molar-refractivity contribution in [2.24, 2.45) is 0 Å². The summed E-state index contributed by atoms with van der Waals surface area (Å²) in [4.78, 5) is 20.0. The first-order valence-electron chi connectivity index (χ1n) is 5.95. The van der Waals surface area contributed by atoms with Crippen molar-refractivity contribution in [2.45, 2.75) is 13.8 Å². The maximum Gasteiger partial charge on any atom is 0.273 e. The number of hydrogen-bond donors (Lipinski definition) is 2. The van der Waals surface area contributed by atoms with Crippen LogP contribution in [-0.4, -0.2) is 22.9 Å². The van der Waals surface area contributed by atoms with Crippen LogP contribution >= 0.6 is 0 Å². The van der Waals surface area contributed by atoms with Crippen LogP contribution in [0.4, 0.5) is 5.82 Å². The fraction of sp³-hybridized carbons (Fsp3) is 0.214. The Bertz CT molecular complexity index is 637. The van der Waals surface area contributed by atoms with Gasteiger partial charge in [0.05, 0.1) is 11.9 Å². The first-order chi connectivity index (χ1) is 9.02. The number of anilines is 1. The van der Waals surface area contributed by atoms with E-state index >= 15 is 0 Å². The second kappa shape index (κ2) is 5.06. The van der Waals surface area contributed by atoms with Gasteiger partial charge in [-0.05, 0) is 31.0 Å². The molecule has 98 valence electrons. The Kier molecular flexibility index (Phi) is 3.46. The van der Waals surface area contributed by atoms with Crippen molar-refractivity contribution in [1.82, 2.24) is 15.3 Å². The van der Waals surface area contributed by atoms with E-state index in [1.807, 2.05) is 32.0 Å². The van der Waals surface area contributed by atoms with Crippen LogP contribution in [0.25, 0.3) is 11.3 Å². The molecule has 1 aromatic heterocycles. The van der Waals surface area contributed by atoms with Crippen molar-refractivity contribution in [2.75, 3.05) is 12.8 Å². The van der Waals surface area contributed by atoms with Crippen LogP contribution in [0.3, 0.4) is 0 Å². The second-order valence-corrected chi connectivity index (χ2v) is 4.37. The molecule has 2 aromatic rings. The Hall–Kier alpha value is -2.43. The Morgan fingerprint density at radius 1 is 1.26 bits per heavy atom. The molecule has 0 saturated heterocycles. The third-order valence-corrected chi connectivity index (χ3v) is 3.05. The van der Waals surface area contributed by atoms with Crippen molar-refractivity contribution in [3.63, 3.8) is 0 Å². The number of amides is 1. The lowest BCUT2D eigenvalue weighted by molar-refractivity contribution is 0.0959. The molecule has 0 aliphatic heterocycles. The molecule has 0 radical (unpaired) electrons. The third kappa shape index (κ3) is 2.54. The molecule has 1 aromatic carbocycles. The van der Waals surface area contributed by atoms with Gasteiger partial charge >= 0.3 is 0 Å². The molecule has 0 atom stereocenters. The summed E-state index contributed by atoms with van der Waals surface area (Å²) in [6.45, 7) is 4.08. The lowest BCUT2D eigenvalue weighted by atomic mass is 10.0. The van der Waals surface area contributed by atoms with Crippen LogP contribution in [0.2, 0.25) is 0 Å². The van der Waals surface area contributed by atoms with Crippen molar-refractivity contribution in [1.29, 1.82) is 0 Å². The number of hydrogen-bond acceptors (Lipinski definition) is 4. The average Bonchev–Trinajstić information content (AvgIpc) is 2.41. The Balaban J connectivity index is 2.51. The molecule has 0 bridgehead atoms. The number of carbonyl (C=O) groups excluding carboxylic acids is 1. The van der Waals surface area contributed by atoms with Gasteiger partial charge in [-0.3, -0.25) is 4.79 Å². The number of aromatic nitrogens is 2. The highest BCUT2D eigenvalue weighted by molar-refractivity contribution is 5.96. The predicted molar refractivity (Wildman–Crippen MR) is 74.7 cm³/mol. The highest BCUT2D eigenvalue weighted by atomic mass is 16.1. The number of nitrogens with two attached hydrogens (primary N) is 1. The molecular formula is C14H16N4O. The van der Waals surface area contributed by atoms with E-state index in [1.165, 1.54) is 12.6 Å². The van der Waals surface area contributed by atoms with E-state index in [9.17, 15) is 4.79 Å². The summed E-state index contributed by atoms with van der Waals surface area (Å²) in [5, 5.41) is 2.50. The molecule has 0 fully saturated rings. The fourth-order valence-corrected chi connectivity index (χ4v) is 1.72. The van der Waals surface area contributed by atoms with Crippen molar-refractivity contribution in [3.05, 3.63) is 41.2 Å². The predicted octanol–water partition coefficient (Wildman–Crippen LogP) is 1.70. The monoisotopic (exact) mass is 256 g/mol. The molecule has 5 heteroatoms. The summed E-state index contributed by atoms with van der Waals surface area (Å²) in [6.07, 6.45) is 1.58. The van der Waals surface area contributed by atoms with Crippen molar-refractivity contribution in [3.8, 4) is 11.3 Å². The molecule has 0 saturated carbocycles. The molecule has 0 aliphatic carbocycles. The van der Waals surface area contributed by atoms with Crippen LogP contribution in [-0.2, 0) is 0 Å². The minimum absolute atomic E-state index is 0.131. The number of rotatable bonds is 2. The maximum atomic E-state index is 11.6. The van der Waals surface area contributed by atoms with Gasteiger partial charge in [0.1, 0.15) is 0 Å². The summed E-state index contributed by atoms with van der Waals surface area (Å²) in [5.74, 6) is -0.206. The van der Waals surface area contributed by atoms with Gasteiger partial charge in [-0.25, -0.2) is 9.97 Å². The largest absolute Gasteiger partial charge is 0.382 e. The minimum atomic E-state index is -0.337. The summed E-state index contributed by atoms with van der Waals surface area (Å²) in [5.41, 5.74) is 9.74. The zero-order chi connectivity index (χ0) is 14.0. The number of nitrogens with zero attached hydrogens (tertiary/aromatic N) is 2. The van der Waals surface area contributed by atoms with Gasteiger partial charge in [-0.1, -0.05) is 12.1 Å². The van der Waals surface area contributed by atoms with E-state index < -0.39 is 0 Å². The average molecular weight is 256 g/mol. The summed E-state index contributed by atoms with van der Waals surface area (Å²) >= 11 is 0. The molecule has 0 unspecified atom stereocenters. The van der Waals surface area contributed by atoms with E-state index in [1.54, 1.807) is 6.20 Å². The van der Waals surface area contributed by atoms with Gasteiger partial charge in [-0.15, -0.1) is 0 Å². The van der Waals surface area contributed by atoms with Gasteiger partial charge in [-0.2, -0.15) is 0 Å². The molecule has 19 heavy (non-hydrogen) atoms. The highest BCUT2D eigenvalue weighted by Crippen LogP contribution is 2.21. The third-order valence-electron chi connectivity index (χ3n) is 3.05. The molecule has 0 spiro atoms. The van der Waals surface area contributed by atoms with Crippen LogP contribution < -0.4 is 11.1 Å². The van der Waals surface area contributed by atoms with Gasteiger partial charge in [0.15, 0.2) is 11.5 Å². The SMILES string of the molecule is CNC(=O)c1nc(-c2ccc(C)c(C)c2)cnc1N. The number of nitrogen functional groups attached to an aromatic ring is 1. The normalized spacial score (nSPS) is 10.3. The van der Waals surface area contributed by atoms with E-state index in [-0.39, 0.29) is 17.4 Å².